The number of aliphatic hydroxyl groups is 30. The molecule has 11 aliphatic heterocycles. The molecule has 11 rings (SSSR count). The van der Waals surface area contributed by atoms with Crippen molar-refractivity contribution in [3.05, 3.63) is 0 Å². The molecule has 0 aliphatic carbocycles. The second-order valence-electron chi connectivity index (χ2n) is 37.4. The number of aliphatic hydroxyl groups excluding tert-OH is 30. The Morgan fingerprint density at radius 2 is 0.589 bits per heavy atom. The lowest BCUT2D eigenvalue weighted by molar-refractivity contribution is -0.424. The second kappa shape index (κ2) is 52.8. The summed E-state index contributed by atoms with van der Waals surface area (Å²) in [6, 6.07) is -7.37. The van der Waals surface area contributed by atoms with Crippen LogP contribution in [0.5, 0.6) is 0 Å². The van der Waals surface area contributed by atoms with Crippen LogP contribution in [0.1, 0.15) is 61.3 Å². The topological polar surface area (TPSA) is 970 Å². The van der Waals surface area contributed by atoms with E-state index in [4.69, 9.17) is 109 Å². The zero-order chi connectivity index (χ0) is 108. The van der Waals surface area contributed by atoms with Crippen molar-refractivity contribution in [1.82, 2.24) is 21.3 Å². The van der Waals surface area contributed by atoms with Gasteiger partial charge in [-0.1, -0.05) is 13.8 Å². The fraction of sp³-hybridized carbons (Fsp3) is 0.928. The van der Waals surface area contributed by atoms with Crippen molar-refractivity contribution in [2.75, 3.05) is 72.7 Å². The van der Waals surface area contributed by atoms with E-state index in [2.05, 4.69) is 21.3 Å². The lowest BCUT2D eigenvalue weighted by Crippen LogP contribution is -2.71. The molecular weight excluding hydrogens is 2000 g/mol. The highest BCUT2D eigenvalue weighted by Gasteiger charge is 2.64. The summed E-state index contributed by atoms with van der Waals surface area (Å²) in [6.45, 7) is -4.99. The van der Waals surface area contributed by atoms with E-state index in [0.717, 1.165) is 27.7 Å². The Hall–Kier alpha value is -5.22. The molecule has 0 aromatic carbocycles. The summed E-state index contributed by atoms with van der Waals surface area (Å²) in [7, 11) is 0. The first kappa shape index (κ1) is 121. The van der Waals surface area contributed by atoms with Crippen LogP contribution >= 0.6 is 0 Å². The molecule has 0 spiro atoms. The third-order valence-corrected chi connectivity index (χ3v) is 27.3. The third kappa shape index (κ3) is 27.1. The minimum Gasteiger partial charge on any atom is -0.410 e. The Morgan fingerprint density at radius 1 is 0.308 bits per heavy atom. The lowest BCUT2D eigenvalue weighted by atomic mass is 9.87. The number of ether oxygens (including phenoxy) is 23. The molecule has 63 nitrogen and oxygen atoms in total. The number of carbonyl (C=O) groups excluding carboxylic acids is 6. The summed E-state index contributed by atoms with van der Waals surface area (Å²) >= 11 is 0. The summed E-state index contributed by atoms with van der Waals surface area (Å²) in [5.41, 5.74) is 0. The van der Waals surface area contributed by atoms with Crippen LogP contribution in [0.3, 0.4) is 0 Å². The molecule has 11 fully saturated rings. The molecule has 11 heterocycles. The number of hydrogen-bond acceptors (Lipinski definition) is 59. The molecule has 0 radical (unpaired) electrons. The van der Waals surface area contributed by atoms with Gasteiger partial charge in [-0.05, 0) is 6.92 Å². The molecule has 0 aromatic heterocycles. The van der Waals surface area contributed by atoms with Gasteiger partial charge in [0.05, 0.1) is 122 Å². The van der Waals surface area contributed by atoms with Crippen molar-refractivity contribution in [2.24, 2.45) is 11.8 Å². The third-order valence-electron chi connectivity index (χ3n) is 27.3. The second-order valence-corrected chi connectivity index (χ2v) is 37.4. The van der Waals surface area contributed by atoms with E-state index < -0.39 is 458 Å². The van der Waals surface area contributed by atoms with Gasteiger partial charge in [-0.3, -0.25) is 28.8 Å². The van der Waals surface area contributed by atoms with Gasteiger partial charge in [-0.25, -0.2) is 0 Å². The number of hydrogen-bond donors (Lipinski definition) is 34. The molecule has 63 heteroatoms. The number of nitrogens with one attached hydrogen (secondary N) is 4. The normalized spacial score (nSPS) is 47.5. The van der Waals surface area contributed by atoms with E-state index in [1.54, 1.807) is 0 Å². The minimum atomic E-state index is -2.70. The van der Waals surface area contributed by atoms with Crippen LogP contribution in [0, 0.1) is 11.8 Å². The molecule has 4 amide bonds. The summed E-state index contributed by atoms with van der Waals surface area (Å²) in [6.07, 6.45) is -105. The largest absolute Gasteiger partial charge is 0.410 e. The smallest absolute Gasteiger partial charge is 0.332 e. The van der Waals surface area contributed by atoms with E-state index in [1.807, 2.05) is 0 Å². The molecule has 146 heavy (non-hydrogen) atoms. The Bertz CT molecular complexity index is 4070. The Kier molecular flexibility index (Phi) is 43.8. The maximum absolute atomic E-state index is 13.3. The molecule has 11 aliphatic rings. The van der Waals surface area contributed by atoms with E-state index in [1.165, 1.54) is 20.8 Å². The zero-order valence-electron chi connectivity index (χ0n) is 79.4. The molecule has 0 saturated carbocycles. The maximum Gasteiger partial charge on any atom is 0.332 e. The van der Waals surface area contributed by atoms with Crippen LogP contribution < -0.4 is 21.3 Å². The zero-order valence-corrected chi connectivity index (χ0v) is 79.4. The molecule has 0 aromatic rings. The first-order valence-electron chi connectivity index (χ1n) is 46.9. The first-order valence-corrected chi connectivity index (χ1v) is 46.9. The fourth-order valence-electron chi connectivity index (χ4n) is 19.1. The first-order chi connectivity index (χ1) is 69.0. The van der Waals surface area contributed by atoms with Gasteiger partial charge in [0.1, 0.15) is 238 Å². The standard InChI is InChI=1S/C83H138N4O59/c1-23-30(102)8-82(127-21-96,145-65(23)47(106)32(104)10-88)125-19-41-51(110)58(117)62(121)77(136-41)139-68-37(15-93)133-75(45(56(68)115)86-28(6)100)143-72-60(119)49(108)34(12-90)130-80(72)124-18-40-53(112)71(64(123)79(135-40)141-70-39(17-95)132-74(44(55(70)114)85-27(5)99)138-67-36(14-92)129-25(3)43(54(67)113)84-26(4)98)142-81-73(61(120)50(109)35(13-91)131-81)144-76-46(87-29(7)101)57(116)69(38(16-94)134-76)140-78-63(122)59(118)52(111)42(137-78)20-126-83(128-22-97)9-31(103)24(2)66(146-83)48(107)33(105)11-89/h21-25,30-81,88-95,102-123H,8-20H2,1-7H3,(H,84,98)(H,85,99)(H,86,100)(H,87,101)/t23-,24-,25+,30+,31+,32+,33+,34?,35-,36?,37-,38?,39?,40?,41?,42?,43?,44?,45?,46?,47-,48-,49+,50+,51+,52+,53+,54-,55-,56?,57-,58+,59+,60+,61?,62?,63?,64?,65?,66?,67+,68-,69+,70+,71+,72?,73?,74+,75-,76+,77+,78+,79+,80-,81+,82+,83+/m1/s1. The van der Waals surface area contributed by atoms with Gasteiger partial charge in [-0.15, -0.1) is 0 Å². The van der Waals surface area contributed by atoms with Gasteiger partial charge in [-0.2, -0.15) is 0 Å². The average Bonchev–Trinajstić information content (AvgIpc) is 0.827. The predicted octanol–water partition coefficient (Wildman–Crippen LogP) is -22.3. The van der Waals surface area contributed by atoms with Gasteiger partial charge in [0, 0.05) is 39.5 Å². The van der Waals surface area contributed by atoms with Crippen molar-refractivity contribution < 1.29 is 291 Å². The van der Waals surface area contributed by atoms with E-state index >= 15 is 0 Å². The number of carbonyl (C=O) groups is 6. The minimum absolute atomic E-state index is 0.202. The van der Waals surface area contributed by atoms with Gasteiger partial charge >= 0.3 is 11.9 Å². The summed E-state index contributed by atoms with van der Waals surface area (Å²) in [4.78, 5) is 76.0. The SMILES string of the molecule is CC(=O)NC1C(O)[C@H](O[C@@H]2OC(CO[C@]3(OC=O)C[C@H](O)[C@@H](C)C([C@H](O)[C@@H](O)CO)O3)[C@H](O)[C@H](O)C2O)[C@@H](CO)O[C@@H]1OC1[C@H](OCC2O[C@@H](O[C@H]3C(CO)O[C@@H](O[C@H]4C(CO)O[C@@H](C)C(NC(C)=O)[C@H]4O)C(NC(C)=O)[C@H]3O)C(O)[C@@H](O[C@@H]3O[C@H](CO)[C@H](O)C(O)C3O[C@@H]3OC(CO)[C@H](O[C@@H]4OC(CO[C@]5(OC=O)C[C@H](O)[C@@H](C)C([C@H](O)[C@@H](O)CO)O5)[C@H](O)[C@H](O)C4O)[C@H](O)C3NC(C)=O)[C@H]2O)OC(CO)[C@H](O)[C@@H]1O. The molecule has 844 valence electrons. The maximum atomic E-state index is 13.3. The average molecular weight is 2140 g/mol. The molecule has 11 saturated heterocycles. The molecule has 0 bridgehead atoms. The Morgan fingerprint density at radius 3 is 0.932 bits per heavy atom. The summed E-state index contributed by atoms with van der Waals surface area (Å²) < 4.78 is 137. The molecule has 20 unspecified atom stereocenters. The monoisotopic (exact) mass is 2130 g/mol. The van der Waals surface area contributed by atoms with Gasteiger partial charge in [0.15, 0.2) is 50.3 Å². The van der Waals surface area contributed by atoms with Crippen LogP contribution in [0.4, 0.5) is 0 Å². The highest BCUT2D eigenvalue weighted by molar-refractivity contribution is 5.74. The van der Waals surface area contributed by atoms with Crippen LogP contribution in [0.2, 0.25) is 0 Å². The van der Waals surface area contributed by atoms with Crippen molar-refractivity contribution in [3.63, 3.8) is 0 Å². The molecule has 57 atom stereocenters. The van der Waals surface area contributed by atoms with Crippen LogP contribution in [0.25, 0.3) is 0 Å². The summed E-state index contributed by atoms with van der Waals surface area (Å²) in [5, 5.41) is 349. The molecule has 34 N–H and O–H groups in total. The fourth-order valence-corrected chi connectivity index (χ4v) is 19.1. The molecular formula is C83H138N4O59. The number of rotatable bonds is 43. The van der Waals surface area contributed by atoms with Crippen molar-refractivity contribution in [2.45, 2.75) is 398 Å². The van der Waals surface area contributed by atoms with E-state index in [-0.39, 0.29) is 12.9 Å². The van der Waals surface area contributed by atoms with Crippen molar-refractivity contribution in [1.29, 1.82) is 0 Å². The van der Waals surface area contributed by atoms with E-state index in [9.17, 15) is 182 Å². The highest BCUT2D eigenvalue weighted by Crippen LogP contribution is 2.45. The van der Waals surface area contributed by atoms with Gasteiger partial charge in [0.25, 0.3) is 12.9 Å². The summed E-state index contributed by atoms with van der Waals surface area (Å²) in [5.74, 6) is -11.2. The number of amides is 4. The quantitative estimate of drug-likeness (QED) is 0.0199. The van der Waals surface area contributed by atoms with Crippen LogP contribution in [0.15, 0.2) is 0 Å². The predicted molar refractivity (Wildman–Crippen MR) is 452 cm³/mol. The Balaban J connectivity index is 0.887. The highest BCUT2D eigenvalue weighted by atomic mass is 16.9. The van der Waals surface area contributed by atoms with Gasteiger partial charge in [0.2, 0.25) is 23.6 Å². The lowest BCUT2D eigenvalue weighted by Gasteiger charge is -2.51. The van der Waals surface area contributed by atoms with Crippen molar-refractivity contribution >= 4 is 36.6 Å². The van der Waals surface area contributed by atoms with Crippen molar-refractivity contribution in [3.8, 4) is 0 Å². The Labute approximate surface area is 828 Å². The van der Waals surface area contributed by atoms with Crippen LogP contribution in [-0.4, -0.2) is 599 Å². The van der Waals surface area contributed by atoms with Gasteiger partial charge < -0.3 is 283 Å². The van der Waals surface area contributed by atoms with E-state index in [0.29, 0.717) is 0 Å². The van der Waals surface area contributed by atoms with Crippen LogP contribution in [-0.2, 0) is 138 Å².